The summed E-state index contributed by atoms with van der Waals surface area (Å²) >= 11 is 0. The third-order valence-electron chi connectivity index (χ3n) is 2.35. The van der Waals surface area contributed by atoms with Crippen molar-refractivity contribution in [3.8, 4) is 0 Å². The lowest BCUT2D eigenvalue weighted by Gasteiger charge is -2.11. The zero-order valence-electron chi connectivity index (χ0n) is 10.2. The van der Waals surface area contributed by atoms with E-state index in [1.54, 1.807) is 6.07 Å². The molecule has 0 aromatic heterocycles. The third-order valence-corrected chi connectivity index (χ3v) is 4.02. The van der Waals surface area contributed by atoms with Gasteiger partial charge in [-0.15, -0.1) is 0 Å². The second-order valence-electron chi connectivity index (χ2n) is 4.39. The van der Waals surface area contributed by atoms with Crippen molar-refractivity contribution in [2.45, 2.75) is 38.6 Å². The summed E-state index contributed by atoms with van der Waals surface area (Å²) in [6, 6.07) is 5.57. The lowest BCUT2D eigenvalue weighted by molar-refractivity contribution is 0.572. The number of aryl methyl sites for hydroxylation is 2. The van der Waals surface area contributed by atoms with Crippen molar-refractivity contribution in [3.05, 3.63) is 29.3 Å². The Bertz CT molecular complexity index is 464. The molecule has 0 aliphatic carbocycles. The summed E-state index contributed by atoms with van der Waals surface area (Å²) in [5, 5.41) is 2.94. The summed E-state index contributed by atoms with van der Waals surface area (Å²) in [6.07, 6.45) is 0. The number of benzene rings is 1. The van der Waals surface area contributed by atoms with Crippen LogP contribution < -0.4 is 5.32 Å². The largest absolute Gasteiger partial charge is 0.301 e. The maximum Gasteiger partial charge on any atom is 0.191 e. The minimum atomic E-state index is -3.21. The number of hydrogen-bond donors (Lipinski definition) is 1. The molecule has 0 bridgehead atoms. The zero-order chi connectivity index (χ0) is 12.3. The normalized spacial score (nSPS) is 12.1. The maximum atomic E-state index is 12.0. The van der Waals surface area contributed by atoms with Crippen molar-refractivity contribution in [2.75, 3.05) is 5.88 Å². The van der Waals surface area contributed by atoms with Gasteiger partial charge in [-0.05, 0) is 39.3 Å². The van der Waals surface area contributed by atoms with Gasteiger partial charge >= 0.3 is 0 Å². The predicted molar refractivity (Wildman–Crippen MR) is 66.2 cm³/mol. The highest BCUT2D eigenvalue weighted by molar-refractivity contribution is 7.91. The summed E-state index contributed by atoms with van der Waals surface area (Å²) in [5.74, 6) is -0.00539. The summed E-state index contributed by atoms with van der Waals surface area (Å²) in [4.78, 5) is 0.422. The molecule has 1 aromatic rings. The fraction of sp³-hybridized carbons (Fsp3) is 0.500. The number of rotatable bonds is 4. The van der Waals surface area contributed by atoms with E-state index in [0.29, 0.717) is 4.90 Å². The molecule has 0 radical (unpaired) electrons. The molecule has 3 nitrogen and oxygen atoms in total. The number of hydrogen-bond acceptors (Lipinski definition) is 3. The lowest BCUT2D eigenvalue weighted by atomic mass is 10.2. The third kappa shape index (κ3) is 3.32. The average molecular weight is 241 g/mol. The molecule has 0 spiro atoms. The van der Waals surface area contributed by atoms with Gasteiger partial charge in [0.2, 0.25) is 0 Å². The van der Waals surface area contributed by atoms with Crippen LogP contribution in [0, 0.1) is 13.8 Å². The average Bonchev–Trinajstić information content (AvgIpc) is 2.14. The van der Waals surface area contributed by atoms with Crippen LogP contribution in [0.15, 0.2) is 23.1 Å². The molecule has 0 aliphatic rings. The van der Waals surface area contributed by atoms with Gasteiger partial charge in [-0.2, -0.15) is 0 Å². The Kier molecular flexibility index (Phi) is 4.10. The molecule has 0 saturated heterocycles. The Morgan fingerprint density at radius 3 is 2.38 bits per heavy atom. The Balaban J connectivity index is 2.99. The standard InChI is InChI=1S/C12H19NO2S/c1-9(2)13-8-16(14,15)12-6-5-10(3)7-11(12)4/h5-7,9,13H,8H2,1-4H3. The second-order valence-corrected chi connectivity index (χ2v) is 6.34. The molecular formula is C12H19NO2S. The first-order chi connectivity index (χ1) is 7.33. The van der Waals surface area contributed by atoms with Crippen molar-refractivity contribution >= 4 is 9.84 Å². The molecule has 0 fully saturated rings. The van der Waals surface area contributed by atoms with E-state index in [1.165, 1.54) is 0 Å². The highest BCUT2D eigenvalue weighted by atomic mass is 32.2. The highest BCUT2D eigenvalue weighted by Crippen LogP contribution is 2.17. The molecule has 0 unspecified atom stereocenters. The highest BCUT2D eigenvalue weighted by Gasteiger charge is 2.16. The van der Waals surface area contributed by atoms with Gasteiger partial charge in [-0.3, -0.25) is 0 Å². The van der Waals surface area contributed by atoms with Crippen LogP contribution in [0.25, 0.3) is 0 Å². The van der Waals surface area contributed by atoms with Gasteiger partial charge in [-0.25, -0.2) is 8.42 Å². The lowest BCUT2D eigenvalue weighted by Crippen LogP contribution is -2.29. The fourth-order valence-electron chi connectivity index (χ4n) is 1.50. The Morgan fingerprint density at radius 1 is 1.25 bits per heavy atom. The Labute approximate surface area is 97.8 Å². The van der Waals surface area contributed by atoms with Crippen molar-refractivity contribution in [3.63, 3.8) is 0 Å². The fourth-order valence-corrected chi connectivity index (χ4v) is 3.04. The molecule has 0 amide bonds. The minimum absolute atomic E-state index is 0.00539. The van der Waals surface area contributed by atoms with E-state index in [2.05, 4.69) is 5.32 Å². The van der Waals surface area contributed by atoms with Crippen LogP contribution in [0.2, 0.25) is 0 Å². The number of nitrogens with one attached hydrogen (secondary N) is 1. The monoisotopic (exact) mass is 241 g/mol. The first-order valence-corrected chi connectivity index (χ1v) is 7.01. The molecule has 1 N–H and O–H groups in total. The van der Waals surface area contributed by atoms with Crippen molar-refractivity contribution in [1.82, 2.24) is 5.32 Å². The molecule has 0 aliphatic heterocycles. The van der Waals surface area contributed by atoms with Gasteiger partial charge in [0, 0.05) is 6.04 Å². The van der Waals surface area contributed by atoms with Crippen molar-refractivity contribution in [1.29, 1.82) is 0 Å². The quantitative estimate of drug-likeness (QED) is 0.877. The van der Waals surface area contributed by atoms with Crippen LogP contribution in [0.4, 0.5) is 0 Å². The maximum absolute atomic E-state index is 12.0. The van der Waals surface area contributed by atoms with Gasteiger partial charge in [-0.1, -0.05) is 17.7 Å². The first-order valence-electron chi connectivity index (χ1n) is 5.36. The van der Waals surface area contributed by atoms with E-state index in [-0.39, 0.29) is 11.9 Å². The predicted octanol–water partition coefficient (Wildman–Crippen LogP) is 2.03. The number of sulfone groups is 1. The summed E-state index contributed by atoms with van der Waals surface area (Å²) in [6.45, 7) is 7.64. The van der Waals surface area contributed by atoms with Crippen molar-refractivity contribution < 1.29 is 8.42 Å². The van der Waals surface area contributed by atoms with Crippen LogP contribution in [-0.2, 0) is 9.84 Å². The smallest absolute Gasteiger partial charge is 0.191 e. The second kappa shape index (κ2) is 4.97. The van der Waals surface area contributed by atoms with Gasteiger partial charge in [0.05, 0.1) is 4.90 Å². The molecule has 1 aromatic carbocycles. The van der Waals surface area contributed by atoms with E-state index in [9.17, 15) is 8.42 Å². The van der Waals surface area contributed by atoms with Crippen LogP contribution >= 0.6 is 0 Å². The Hall–Kier alpha value is -0.870. The summed E-state index contributed by atoms with van der Waals surface area (Å²) in [5.41, 5.74) is 1.89. The molecule has 0 heterocycles. The molecule has 0 atom stereocenters. The molecule has 1 rings (SSSR count). The van der Waals surface area contributed by atoms with Crippen LogP contribution in [0.1, 0.15) is 25.0 Å². The zero-order valence-corrected chi connectivity index (χ0v) is 11.1. The van der Waals surface area contributed by atoms with E-state index in [1.807, 2.05) is 39.8 Å². The summed E-state index contributed by atoms with van der Waals surface area (Å²) in [7, 11) is -3.21. The molecule has 4 heteroatoms. The molecule has 90 valence electrons. The minimum Gasteiger partial charge on any atom is -0.301 e. The van der Waals surface area contributed by atoms with Crippen LogP contribution in [-0.4, -0.2) is 20.3 Å². The van der Waals surface area contributed by atoms with E-state index < -0.39 is 9.84 Å². The van der Waals surface area contributed by atoms with Gasteiger partial charge in [0.15, 0.2) is 9.84 Å². The van der Waals surface area contributed by atoms with E-state index in [4.69, 9.17) is 0 Å². The SMILES string of the molecule is Cc1ccc(S(=O)(=O)CNC(C)C)c(C)c1. The summed E-state index contributed by atoms with van der Waals surface area (Å²) < 4.78 is 24.0. The van der Waals surface area contributed by atoms with E-state index >= 15 is 0 Å². The van der Waals surface area contributed by atoms with Gasteiger partial charge < -0.3 is 5.32 Å². The first kappa shape index (κ1) is 13.2. The van der Waals surface area contributed by atoms with Gasteiger partial charge in [0.1, 0.15) is 5.88 Å². The van der Waals surface area contributed by atoms with Crippen LogP contribution in [0.5, 0.6) is 0 Å². The Morgan fingerprint density at radius 2 is 1.88 bits per heavy atom. The van der Waals surface area contributed by atoms with Crippen LogP contribution in [0.3, 0.4) is 0 Å². The van der Waals surface area contributed by atoms with Gasteiger partial charge in [0.25, 0.3) is 0 Å². The topological polar surface area (TPSA) is 46.2 Å². The molecule has 16 heavy (non-hydrogen) atoms. The molecular weight excluding hydrogens is 222 g/mol. The molecule has 0 saturated carbocycles. The van der Waals surface area contributed by atoms with E-state index in [0.717, 1.165) is 11.1 Å². The van der Waals surface area contributed by atoms with Crippen molar-refractivity contribution in [2.24, 2.45) is 0 Å².